The number of hydrogen-bond donors (Lipinski definition) is 1. The van der Waals surface area contributed by atoms with Crippen molar-refractivity contribution in [2.45, 2.75) is 12.3 Å². The lowest BCUT2D eigenvalue weighted by Gasteiger charge is -2.12. The van der Waals surface area contributed by atoms with E-state index in [9.17, 15) is 8.78 Å². The molecule has 72 valence electrons. The molecule has 1 unspecified atom stereocenters. The Bertz CT molecular complexity index is 263. The molecular weight excluding hydrogens is 172 g/mol. The number of halogens is 2. The van der Waals surface area contributed by atoms with Crippen molar-refractivity contribution in [2.75, 3.05) is 13.2 Å². The van der Waals surface area contributed by atoms with E-state index in [2.05, 4.69) is 0 Å². The molecule has 0 spiro atoms. The SMILES string of the molecule is NCCC(CF)c1ccccc1F. The van der Waals surface area contributed by atoms with Crippen molar-refractivity contribution in [3.8, 4) is 0 Å². The van der Waals surface area contributed by atoms with Crippen molar-refractivity contribution in [2.24, 2.45) is 5.73 Å². The van der Waals surface area contributed by atoms with Crippen LogP contribution in [0.25, 0.3) is 0 Å². The second-order valence-electron chi connectivity index (χ2n) is 2.95. The summed E-state index contributed by atoms with van der Waals surface area (Å²) in [6.07, 6.45) is 0.484. The van der Waals surface area contributed by atoms with Crippen LogP contribution >= 0.6 is 0 Å². The molecule has 3 heteroatoms. The minimum absolute atomic E-state index is 0.349. The first-order valence-corrected chi connectivity index (χ1v) is 4.30. The van der Waals surface area contributed by atoms with Crippen LogP contribution in [0.15, 0.2) is 24.3 Å². The second-order valence-corrected chi connectivity index (χ2v) is 2.95. The topological polar surface area (TPSA) is 26.0 Å². The lowest BCUT2D eigenvalue weighted by molar-refractivity contribution is 0.408. The minimum Gasteiger partial charge on any atom is -0.330 e. The number of benzene rings is 1. The molecule has 13 heavy (non-hydrogen) atoms. The highest BCUT2D eigenvalue weighted by Gasteiger charge is 2.13. The zero-order valence-electron chi connectivity index (χ0n) is 7.34. The molecule has 1 atom stereocenters. The molecule has 0 aliphatic carbocycles. The molecule has 1 nitrogen and oxygen atoms in total. The molecule has 0 radical (unpaired) electrons. The standard InChI is InChI=1S/C10H13F2N/c11-7-8(5-6-13)9-3-1-2-4-10(9)12/h1-4,8H,5-7,13H2. The number of rotatable bonds is 4. The molecule has 0 fully saturated rings. The van der Waals surface area contributed by atoms with Gasteiger partial charge in [0.2, 0.25) is 0 Å². The fourth-order valence-corrected chi connectivity index (χ4v) is 1.32. The van der Waals surface area contributed by atoms with Crippen LogP contribution in [0.5, 0.6) is 0 Å². The molecular formula is C10H13F2N. The molecule has 1 aromatic carbocycles. The Morgan fingerprint density at radius 1 is 1.31 bits per heavy atom. The van der Waals surface area contributed by atoms with Gasteiger partial charge in [-0.15, -0.1) is 0 Å². The van der Waals surface area contributed by atoms with Gasteiger partial charge in [0.25, 0.3) is 0 Å². The van der Waals surface area contributed by atoms with E-state index in [1.54, 1.807) is 18.2 Å². The fraction of sp³-hybridized carbons (Fsp3) is 0.400. The van der Waals surface area contributed by atoms with E-state index in [0.29, 0.717) is 18.5 Å². The summed E-state index contributed by atoms with van der Waals surface area (Å²) >= 11 is 0. The minimum atomic E-state index is -0.557. The fourth-order valence-electron chi connectivity index (χ4n) is 1.32. The molecule has 2 N–H and O–H groups in total. The van der Waals surface area contributed by atoms with Gasteiger partial charge in [-0.1, -0.05) is 18.2 Å². The highest BCUT2D eigenvalue weighted by Crippen LogP contribution is 2.22. The van der Waals surface area contributed by atoms with Crippen LogP contribution in [0.2, 0.25) is 0 Å². The average Bonchev–Trinajstić information content (AvgIpc) is 2.16. The van der Waals surface area contributed by atoms with E-state index >= 15 is 0 Å². The molecule has 0 bridgehead atoms. The van der Waals surface area contributed by atoms with Gasteiger partial charge in [0.1, 0.15) is 5.82 Å². The van der Waals surface area contributed by atoms with Crippen LogP contribution in [0, 0.1) is 5.82 Å². The van der Waals surface area contributed by atoms with Crippen LogP contribution in [0.3, 0.4) is 0 Å². The van der Waals surface area contributed by atoms with Crippen molar-refractivity contribution < 1.29 is 8.78 Å². The van der Waals surface area contributed by atoms with E-state index < -0.39 is 12.6 Å². The molecule has 0 aromatic heterocycles. The molecule has 1 aromatic rings. The van der Waals surface area contributed by atoms with Gasteiger partial charge in [-0.25, -0.2) is 4.39 Å². The first-order chi connectivity index (χ1) is 6.29. The van der Waals surface area contributed by atoms with Gasteiger partial charge >= 0.3 is 0 Å². The maximum atomic E-state index is 13.1. The van der Waals surface area contributed by atoms with Gasteiger partial charge in [-0.2, -0.15) is 0 Å². The van der Waals surface area contributed by atoms with E-state index in [4.69, 9.17) is 5.73 Å². The maximum absolute atomic E-state index is 13.1. The zero-order chi connectivity index (χ0) is 9.68. The van der Waals surface area contributed by atoms with Crippen molar-refractivity contribution in [1.29, 1.82) is 0 Å². The van der Waals surface area contributed by atoms with Gasteiger partial charge in [-0.05, 0) is 24.6 Å². The normalized spacial score (nSPS) is 12.8. The van der Waals surface area contributed by atoms with Crippen LogP contribution < -0.4 is 5.73 Å². The Kier molecular flexibility index (Phi) is 3.83. The third-order valence-electron chi connectivity index (χ3n) is 2.05. The summed E-state index contributed by atoms with van der Waals surface area (Å²) in [7, 11) is 0. The van der Waals surface area contributed by atoms with Crippen LogP contribution in [-0.4, -0.2) is 13.2 Å². The molecule has 0 aliphatic rings. The van der Waals surface area contributed by atoms with Gasteiger partial charge in [-0.3, -0.25) is 4.39 Å². The molecule has 0 aliphatic heterocycles. The van der Waals surface area contributed by atoms with Crippen molar-refractivity contribution in [3.63, 3.8) is 0 Å². The summed E-state index contributed by atoms with van der Waals surface area (Å²) < 4.78 is 25.6. The Morgan fingerprint density at radius 3 is 2.54 bits per heavy atom. The first-order valence-electron chi connectivity index (χ1n) is 4.30. The third-order valence-corrected chi connectivity index (χ3v) is 2.05. The highest BCUT2D eigenvalue weighted by atomic mass is 19.1. The van der Waals surface area contributed by atoms with Gasteiger partial charge in [0, 0.05) is 5.92 Å². The van der Waals surface area contributed by atoms with E-state index in [1.807, 2.05) is 0 Å². The average molecular weight is 185 g/mol. The summed E-state index contributed by atoms with van der Waals surface area (Å²) in [4.78, 5) is 0. The zero-order valence-corrected chi connectivity index (χ0v) is 7.34. The van der Waals surface area contributed by atoms with Crippen molar-refractivity contribution >= 4 is 0 Å². The Hall–Kier alpha value is -0.960. The van der Waals surface area contributed by atoms with Crippen LogP contribution in [-0.2, 0) is 0 Å². The summed E-state index contributed by atoms with van der Waals surface area (Å²) in [6, 6.07) is 6.25. The lowest BCUT2D eigenvalue weighted by atomic mass is 9.97. The van der Waals surface area contributed by atoms with E-state index in [0.717, 1.165) is 0 Å². The predicted molar refractivity (Wildman–Crippen MR) is 48.8 cm³/mol. The summed E-state index contributed by atoms with van der Waals surface area (Å²) in [5, 5.41) is 0. The molecule has 1 rings (SSSR count). The largest absolute Gasteiger partial charge is 0.330 e. The highest BCUT2D eigenvalue weighted by molar-refractivity contribution is 5.21. The monoisotopic (exact) mass is 185 g/mol. The molecule has 0 saturated carbocycles. The summed E-state index contributed by atoms with van der Waals surface area (Å²) in [5.74, 6) is -0.746. The van der Waals surface area contributed by atoms with Gasteiger partial charge in [0.05, 0.1) is 6.67 Å². The second kappa shape index (κ2) is 4.92. The van der Waals surface area contributed by atoms with Crippen LogP contribution in [0.1, 0.15) is 17.9 Å². The number of nitrogens with two attached hydrogens (primary N) is 1. The van der Waals surface area contributed by atoms with E-state index in [-0.39, 0.29) is 5.82 Å². The molecule has 0 amide bonds. The lowest BCUT2D eigenvalue weighted by Crippen LogP contribution is -2.10. The van der Waals surface area contributed by atoms with Gasteiger partial charge in [0.15, 0.2) is 0 Å². The van der Waals surface area contributed by atoms with Crippen LogP contribution in [0.4, 0.5) is 8.78 Å². The first kappa shape index (κ1) is 10.1. The third kappa shape index (κ3) is 2.49. The Balaban J connectivity index is 2.84. The molecule has 0 saturated heterocycles. The summed E-state index contributed by atoms with van der Waals surface area (Å²) in [6.45, 7) is -0.180. The predicted octanol–water partition coefficient (Wildman–Crippen LogP) is 2.23. The molecule has 0 heterocycles. The Labute approximate surface area is 76.6 Å². The van der Waals surface area contributed by atoms with Gasteiger partial charge < -0.3 is 5.73 Å². The maximum Gasteiger partial charge on any atom is 0.126 e. The van der Waals surface area contributed by atoms with E-state index in [1.165, 1.54) is 6.07 Å². The smallest absolute Gasteiger partial charge is 0.126 e. The van der Waals surface area contributed by atoms with Crippen molar-refractivity contribution in [3.05, 3.63) is 35.6 Å². The number of hydrogen-bond acceptors (Lipinski definition) is 1. The quantitative estimate of drug-likeness (QED) is 0.764. The van der Waals surface area contributed by atoms with Crippen molar-refractivity contribution in [1.82, 2.24) is 0 Å². The summed E-state index contributed by atoms with van der Waals surface area (Å²) in [5.41, 5.74) is 5.73. The Morgan fingerprint density at radius 2 is 2.00 bits per heavy atom. The number of alkyl halides is 1.